The van der Waals surface area contributed by atoms with Crippen molar-refractivity contribution in [1.82, 2.24) is 9.97 Å². The molecule has 0 atom stereocenters. The predicted octanol–water partition coefficient (Wildman–Crippen LogP) is 1.48. The van der Waals surface area contributed by atoms with Gasteiger partial charge in [0.05, 0.1) is 12.7 Å². The predicted molar refractivity (Wildman–Crippen MR) is 48.8 cm³/mol. The lowest BCUT2D eigenvalue weighted by Gasteiger charge is -1.94. The summed E-state index contributed by atoms with van der Waals surface area (Å²) in [6.45, 7) is 0. The van der Waals surface area contributed by atoms with Crippen LogP contribution < -0.4 is 0 Å². The van der Waals surface area contributed by atoms with Crippen LogP contribution in [0.1, 0.15) is 10.4 Å². The van der Waals surface area contributed by atoms with Gasteiger partial charge >= 0.3 is 5.97 Å². The lowest BCUT2D eigenvalue weighted by Crippen LogP contribution is -2.00. The van der Waals surface area contributed by atoms with Gasteiger partial charge in [-0.05, 0) is 0 Å². The summed E-state index contributed by atoms with van der Waals surface area (Å²) >= 11 is 1.38. The Morgan fingerprint density at radius 1 is 1.46 bits per heavy atom. The van der Waals surface area contributed by atoms with Crippen molar-refractivity contribution in [2.24, 2.45) is 0 Å². The number of carbonyl (C=O) groups excluding carboxylic acids is 1. The monoisotopic (exact) mass is 194 g/mol. The van der Waals surface area contributed by atoms with Crippen molar-refractivity contribution in [2.45, 2.75) is 0 Å². The molecular weight excluding hydrogens is 188 g/mol. The maximum absolute atomic E-state index is 11.2. The third kappa shape index (κ3) is 1.27. The highest BCUT2D eigenvalue weighted by Gasteiger charge is 2.13. The largest absolute Gasteiger partial charge is 0.465 e. The number of aromatic nitrogens is 2. The summed E-state index contributed by atoms with van der Waals surface area (Å²) in [4.78, 5) is 20.1. The molecule has 0 aromatic carbocycles. The molecule has 0 unspecified atom stereocenters. The third-order valence-electron chi connectivity index (χ3n) is 1.61. The zero-order chi connectivity index (χ0) is 9.26. The van der Waals surface area contributed by atoms with E-state index in [1.807, 2.05) is 0 Å². The second-order valence-corrected chi connectivity index (χ2v) is 3.21. The molecule has 66 valence electrons. The number of ether oxygens (including phenoxy) is 1. The van der Waals surface area contributed by atoms with Gasteiger partial charge in [-0.15, -0.1) is 11.3 Å². The minimum atomic E-state index is -0.369. The van der Waals surface area contributed by atoms with Gasteiger partial charge in [-0.2, -0.15) is 0 Å². The number of methoxy groups -OCH3 is 1. The van der Waals surface area contributed by atoms with Crippen molar-refractivity contribution in [2.75, 3.05) is 7.11 Å². The summed E-state index contributed by atoms with van der Waals surface area (Å²) in [5, 5.41) is 1.70. The Labute approximate surface area is 78.2 Å². The van der Waals surface area contributed by atoms with E-state index in [1.165, 1.54) is 18.4 Å². The second kappa shape index (κ2) is 3.10. The van der Waals surface area contributed by atoms with Gasteiger partial charge in [-0.25, -0.2) is 9.78 Å². The smallest absolute Gasteiger partial charge is 0.341 e. The zero-order valence-electron chi connectivity index (χ0n) is 6.85. The number of esters is 1. The first-order valence-corrected chi connectivity index (χ1v) is 4.47. The molecule has 0 saturated carbocycles. The molecule has 0 saturated heterocycles. The number of fused-ring (bicyclic) bond motifs is 1. The van der Waals surface area contributed by atoms with Crippen LogP contribution in [-0.4, -0.2) is 23.0 Å². The minimum absolute atomic E-state index is 0.369. The Bertz CT molecular complexity index is 452. The number of thiophene rings is 1. The quantitative estimate of drug-likeness (QED) is 0.645. The molecule has 4 nitrogen and oxygen atoms in total. The van der Waals surface area contributed by atoms with Crippen LogP contribution in [0.5, 0.6) is 0 Å². The Morgan fingerprint density at radius 3 is 3.00 bits per heavy atom. The summed E-state index contributed by atoms with van der Waals surface area (Å²) in [6, 6.07) is 0. The van der Waals surface area contributed by atoms with E-state index >= 15 is 0 Å². The molecule has 0 aliphatic carbocycles. The molecule has 2 heterocycles. The molecular formula is C8H6N2O2S. The van der Waals surface area contributed by atoms with Gasteiger partial charge < -0.3 is 4.74 Å². The molecule has 0 aliphatic heterocycles. The first-order chi connectivity index (χ1) is 6.33. The Balaban J connectivity index is 2.64. The van der Waals surface area contributed by atoms with Crippen LogP contribution in [0.25, 0.3) is 10.3 Å². The lowest BCUT2D eigenvalue weighted by atomic mass is 10.3. The van der Waals surface area contributed by atoms with Crippen LogP contribution in [0.2, 0.25) is 0 Å². The maximum atomic E-state index is 11.2. The molecule has 0 bridgehead atoms. The number of hydrogen-bond donors (Lipinski definition) is 0. The Morgan fingerprint density at radius 2 is 2.23 bits per heavy atom. The van der Waals surface area contributed by atoms with Crippen LogP contribution in [-0.2, 0) is 4.74 Å². The molecule has 0 fully saturated rings. The normalized spacial score (nSPS) is 10.2. The fourth-order valence-corrected chi connectivity index (χ4v) is 1.85. The number of hydrogen-bond acceptors (Lipinski definition) is 5. The summed E-state index contributed by atoms with van der Waals surface area (Å²) in [5.74, 6) is -0.369. The fourth-order valence-electron chi connectivity index (χ4n) is 1.02. The van der Waals surface area contributed by atoms with E-state index in [4.69, 9.17) is 0 Å². The number of carbonyl (C=O) groups is 1. The Kier molecular flexibility index (Phi) is 1.94. The molecule has 2 aromatic heterocycles. The van der Waals surface area contributed by atoms with Gasteiger partial charge in [-0.1, -0.05) is 0 Å². The molecule has 0 spiro atoms. The highest BCUT2D eigenvalue weighted by Crippen LogP contribution is 2.21. The third-order valence-corrected chi connectivity index (χ3v) is 2.49. The average molecular weight is 194 g/mol. The van der Waals surface area contributed by atoms with Crippen LogP contribution >= 0.6 is 11.3 Å². The van der Waals surface area contributed by atoms with Crippen LogP contribution in [0.4, 0.5) is 0 Å². The van der Waals surface area contributed by atoms with Crippen molar-refractivity contribution < 1.29 is 9.53 Å². The van der Waals surface area contributed by atoms with Crippen molar-refractivity contribution in [3.8, 4) is 0 Å². The Hall–Kier alpha value is -1.49. The molecule has 0 N–H and O–H groups in total. The highest BCUT2D eigenvalue weighted by molar-refractivity contribution is 7.17. The van der Waals surface area contributed by atoms with Gasteiger partial charge in [-0.3, -0.25) is 4.98 Å². The van der Waals surface area contributed by atoms with Crippen molar-refractivity contribution in [1.29, 1.82) is 0 Å². The van der Waals surface area contributed by atoms with Gasteiger partial charge in [0.25, 0.3) is 0 Å². The minimum Gasteiger partial charge on any atom is -0.465 e. The van der Waals surface area contributed by atoms with Crippen LogP contribution in [0.15, 0.2) is 17.8 Å². The number of nitrogens with zero attached hydrogens (tertiary/aromatic N) is 2. The fraction of sp³-hybridized carbons (Fsp3) is 0.125. The zero-order valence-corrected chi connectivity index (χ0v) is 7.67. The first-order valence-electron chi connectivity index (χ1n) is 3.59. The molecule has 0 amide bonds. The van der Waals surface area contributed by atoms with E-state index in [9.17, 15) is 4.79 Å². The molecule has 13 heavy (non-hydrogen) atoms. The van der Waals surface area contributed by atoms with E-state index in [0.717, 1.165) is 4.83 Å². The van der Waals surface area contributed by atoms with E-state index < -0.39 is 0 Å². The van der Waals surface area contributed by atoms with Crippen molar-refractivity contribution >= 4 is 27.7 Å². The molecule has 2 rings (SSSR count). The average Bonchev–Trinajstić information content (AvgIpc) is 2.60. The maximum Gasteiger partial charge on any atom is 0.341 e. The van der Waals surface area contributed by atoms with Crippen LogP contribution in [0, 0.1) is 0 Å². The summed E-state index contributed by atoms with van der Waals surface area (Å²) in [5.41, 5.74) is 1.09. The highest BCUT2D eigenvalue weighted by atomic mass is 32.1. The summed E-state index contributed by atoms with van der Waals surface area (Å²) < 4.78 is 4.60. The van der Waals surface area contributed by atoms with Gasteiger partial charge in [0.1, 0.15) is 10.3 Å². The van der Waals surface area contributed by atoms with Gasteiger partial charge in [0.15, 0.2) is 0 Å². The van der Waals surface area contributed by atoms with E-state index in [2.05, 4.69) is 14.7 Å². The van der Waals surface area contributed by atoms with Gasteiger partial charge in [0.2, 0.25) is 0 Å². The van der Waals surface area contributed by atoms with E-state index in [1.54, 1.807) is 17.8 Å². The second-order valence-electron chi connectivity index (χ2n) is 2.35. The first kappa shape index (κ1) is 8.12. The van der Waals surface area contributed by atoms with Crippen molar-refractivity contribution in [3.63, 3.8) is 0 Å². The molecule has 5 heteroatoms. The van der Waals surface area contributed by atoms with E-state index in [-0.39, 0.29) is 5.97 Å². The number of rotatable bonds is 1. The van der Waals surface area contributed by atoms with Crippen LogP contribution in [0.3, 0.4) is 0 Å². The molecule has 0 radical (unpaired) electrons. The molecule has 2 aromatic rings. The van der Waals surface area contributed by atoms with E-state index in [0.29, 0.717) is 11.1 Å². The SMILES string of the molecule is COC(=O)c1csc2nccnc12. The standard InChI is InChI=1S/C8H6N2O2S/c1-12-8(11)5-4-13-7-6(5)9-2-3-10-7/h2-4H,1H3. The topological polar surface area (TPSA) is 52.1 Å². The van der Waals surface area contributed by atoms with Crippen molar-refractivity contribution in [3.05, 3.63) is 23.3 Å². The summed E-state index contributed by atoms with van der Waals surface area (Å²) in [7, 11) is 1.35. The summed E-state index contributed by atoms with van der Waals surface area (Å²) in [6.07, 6.45) is 3.15. The molecule has 0 aliphatic rings. The lowest BCUT2D eigenvalue weighted by molar-refractivity contribution is 0.0603. The van der Waals surface area contributed by atoms with Gasteiger partial charge in [0, 0.05) is 17.8 Å².